The molecule has 1 saturated heterocycles. The molecule has 30 heavy (non-hydrogen) atoms. The second-order valence-corrected chi connectivity index (χ2v) is 9.61. The zero-order valence-electron chi connectivity index (χ0n) is 18.6. The van der Waals surface area contributed by atoms with Crippen LogP contribution >= 0.6 is 0 Å². The minimum absolute atomic E-state index is 0.0219. The number of rotatable bonds is 7. The molecule has 1 heterocycles. The molecule has 0 aromatic rings. The number of aliphatic hydroxyl groups excluding tert-OH is 1. The molecule has 0 amide bonds. The first-order valence-corrected chi connectivity index (χ1v) is 11.4. The number of carbonyl (C=O) groups is 2. The number of esters is 1. The highest BCUT2D eigenvalue weighted by Gasteiger charge is 2.49. The normalized spacial score (nSPS) is 33.3. The van der Waals surface area contributed by atoms with E-state index in [0.717, 1.165) is 18.4 Å². The van der Waals surface area contributed by atoms with Crippen molar-refractivity contribution in [3.8, 4) is 0 Å². The summed E-state index contributed by atoms with van der Waals surface area (Å²) in [5, 5.41) is 20.2. The van der Waals surface area contributed by atoms with Gasteiger partial charge >= 0.3 is 11.9 Å². The molecule has 0 aromatic carbocycles. The topological polar surface area (TPSA) is 83.8 Å². The maximum absolute atomic E-state index is 12.6. The summed E-state index contributed by atoms with van der Waals surface area (Å²) < 4.78 is 5.47. The van der Waals surface area contributed by atoms with Crippen molar-refractivity contribution in [3.63, 3.8) is 0 Å². The Morgan fingerprint density at radius 3 is 2.67 bits per heavy atom. The maximum Gasteiger partial charge on any atom is 0.314 e. The van der Waals surface area contributed by atoms with Gasteiger partial charge in [-0.1, -0.05) is 52.0 Å². The van der Waals surface area contributed by atoms with Crippen LogP contribution < -0.4 is 0 Å². The minimum Gasteiger partial charge on any atom is -0.481 e. The number of aliphatic hydroxyl groups is 1. The predicted molar refractivity (Wildman–Crippen MR) is 116 cm³/mol. The van der Waals surface area contributed by atoms with Gasteiger partial charge in [-0.2, -0.15) is 0 Å². The molecule has 0 saturated carbocycles. The second-order valence-electron chi connectivity index (χ2n) is 9.61. The van der Waals surface area contributed by atoms with E-state index in [9.17, 15) is 19.8 Å². The maximum atomic E-state index is 12.6. The van der Waals surface area contributed by atoms with Crippen molar-refractivity contribution in [1.82, 2.24) is 0 Å². The van der Waals surface area contributed by atoms with Crippen LogP contribution in [0.3, 0.4) is 0 Å². The average Bonchev–Trinajstić information content (AvgIpc) is 2.67. The van der Waals surface area contributed by atoms with Crippen molar-refractivity contribution < 1.29 is 24.5 Å². The van der Waals surface area contributed by atoms with E-state index in [-0.39, 0.29) is 36.2 Å². The molecule has 5 heteroatoms. The SMILES string of the molecule is CC[C@@](C(=O)O)(C1=CC=CC2=CCC(C)[C@H](CC[C@@H]3C[C@@H](O)CC(=O)O3)[C@H]21)C(C)C. The van der Waals surface area contributed by atoms with E-state index in [1.807, 2.05) is 32.9 Å². The van der Waals surface area contributed by atoms with Crippen molar-refractivity contribution in [2.24, 2.45) is 29.1 Å². The standard InChI is InChI=1S/C25H36O5/c1-5-25(15(2)3,24(28)29)21-8-6-7-17-10-9-16(4)20(23(17)21)12-11-19-13-18(26)14-22(27)30-19/h6-8,10,15-16,18-20,23,26H,5,9,11-14H2,1-4H3,(H,28,29)/t16?,18-,19-,20+,23+,25+/m1/s1. The molecule has 0 spiro atoms. The highest BCUT2D eigenvalue weighted by atomic mass is 16.5. The molecule has 1 unspecified atom stereocenters. The smallest absolute Gasteiger partial charge is 0.314 e. The molecule has 3 aliphatic rings. The lowest BCUT2D eigenvalue weighted by Crippen LogP contribution is -2.44. The molecule has 3 rings (SSSR count). The Hall–Kier alpha value is -1.88. The zero-order chi connectivity index (χ0) is 22.1. The number of fused-ring (bicyclic) bond motifs is 1. The summed E-state index contributed by atoms with van der Waals surface area (Å²) in [6, 6.07) is 0. The first kappa shape index (κ1) is 22.8. The summed E-state index contributed by atoms with van der Waals surface area (Å²) in [6.45, 7) is 8.22. The molecular weight excluding hydrogens is 380 g/mol. The van der Waals surface area contributed by atoms with Gasteiger partial charge in [0.1, 0.15) is 6.10 Å². The van der Waals surface area contributed by atoms with Gasteiger partial charge < -0.3 is 14.9 Å². The molecule has 0 bridgehead atoms. The molecule has 2 N–H and O–H groups in total. The van der Waals surface area contributed by atoms with Gasteiger partial charge in [0.2, 0.25) is 0 Å². The quantitative estimate of drug-likeness (QED) is 0.590. The van der Waals surface area contributed by atoms with E-state index in [1.54, 1.807) is 0 Å². The number of cyclic esters (lactones) is 1. The van der Waals surface area contributed by atoms with Gasteiger partial charge in [0, 0.05) is 12.3 Å². The Morgan fingerprint density at radius 1 is 1.33 bits per heavy atom. The van der Waals surface area contributed by atoms with E-state index in [0.29, 0.717) is 25.2 Å². The van der Waals surface area contributed by atoms with Crippen molar-refractivity contribution in [1.29, 1.82) is 0 Å². The molecule has 0 radical (unpaired) electrons. The summed E-state index contributed by atoms with van der Waals surface area (Å²) in [4.78, 5) is 24.3. The van der Waals surface area contributed by atoms with E-state index >= 15 is 0 Å². The van der Waals surface area contributed by atoms with Crippen LogP contribution in [0.2, 0.25) is 0 Å². The highest BCUT2D eigenvalue weighted by molar-refractivity contribution is 5.80. The van der Waals surface area contributed by atoms with Crippen molar-refractivity contribution in [2.45, 2.75) is 78.4 Å². The number of hydrogen-bond donors (Lipinski definition) is 2. The fraction of sp³-hybridized carbons (Fsp3) is 0.680. The van der Waals surface area contributed by atoms with E-state index < -0.39 is 17.5 Å². The van der Waals surface area contributed by atoms with Crippen LogP contribution in [0, 0.1) is 29.1 Å². The summed E-state index contributed by atoms with van der Waals surface area (Å²) in [5.41, 5.74) is 1.34. The summed E-state index contributed by atoms with van der Waals surface area (Å²) in [6.07, 6.45) is 11.2. The van der Waals surface area contributed by atoms with Gasteiger partial charge in [0.25, 0.3) is 0 Å². The third-order valence-electron chi connectivity index (χ3n) is 7.64. The third kappa shape index (κ3) is 4.14. The van der Waals surface area contributed by atoms with Crippen LogP contribution in [0.5, 0.6) is 0 Å². The Labute approximate surface area is 179 Å². The van der Waals surface area contributed by atoms with Gasteiger partial charge in [-0.25, -0.2) is 0 Å². The zero-order valence-corrected chi connectivity index (χ0v) is 18.6. The van der Waals surface area contributed by atoms with Crippen LogP contribution in [0.1, 0.15) is 66.2 Å². The molecule has 0 aromatic heterocycles. The van der Waals surface area contributed by atoms with E-state index in [2.05, 4.69) is 19.1 Å². The number of carboxylic acids is 1. The summed E-state index contributed by atoms with van der Waals surface area (Å²) >= 11 is 0. The Bertz CT molecular complexity index is 762. The molecule has 1 aliphatic heterocycles. The van der Waals surface area contributed by atoms with E-state index in [1.165, 1.54) is 5.57 Å². The Morgan fingerprint density at radius 2 is 2.07 bits per heavy atom. The van der Waals surface area contributed by atoms with Crippen molar-refractivity contribution in [2.75, 3.05) is 0 Å². The van der Waals surface area contributed by atoms with E-state index in [4.69, 9.17) is 4.74 Å². The first-order chi connectivity index (χ1) is 14.2. The summed E-state index contributed by atoms with van der Waals surface area (Å²) in [5.74, 6) is -0.334. The lowest BCUT2D eigenvalue weighted by Gasteiger charge is -2.46. The predicted octanol–water partition coefficient (Wildman–Crippen LogP) is 4.66. The van der Waals surface area contributed by atoms with Gasteiger partial charge in [0.05, 0.1) is 17.9 Å². The fourth-order valence-electron chi connectivity index (χ4n) is 5.91. The van der Waals surface area contributed by atoms with Crippen LogP contribution in [-0.2, 0) is 14.3 Å². The number of aliphatic carboxylic acids is 1. The largest absolute Gasteiger partial charge is 0.481 e. The van der Waals surface area contributed by atoms with Crippen LogP contribution in [0.15, 0.2) is 35.5 Å². The van der Waals surface area contributed by atoms with Gasteiger partial charge in [0.15, 0.2) is 0 Å². The van der Waals surface area contributed by atoms with Crippen molar-refractivity contribution >= 4 is 11.9 Å². The van der Waals surface area contributed by atoms with Gasteiger partial charge in [-0.15, -0.1) is 0 Å². The lowest BCUT2D eigenvalue weighted by molar-refractivity contribution is -0.160. The monoisotopic (exact) mass is 416 g/mol. The average molecular weight is 417 g/mol. The van der Waals surface area contributed by atoms with Gasteiger partial charge in [-0.05, 0) is 54.6 Å². The molecule has 1 fully saturated rings. The van der Waals surface area contributed by atoms with Crippen LogP contribution in [-0.4, -0.2) is 34.4 Å². The fourth-order valence-corrected chi connectivity index (χ4v) is 5.91. The number of carboxylic acid groups (broad SMARTS) is 1. The van der Waals surface area contributed by atoms with Gasteiger partial charge in [-0.3, -0.25) is 9.59 Å². The molecule has 6 atom stereocenters. The van der Waals surface area contributed by atoms with Crippen LogP contribution in [0.25, 0.3) is 0 Å². The number of ether oxygens (including phenoxy) is 1. The summed E-state index contributed by atoms with van der Waals surface area (Å²) in [7, 11) is 0. The van der Waals surface area contributed by atoms with Crippen molar-refractivity contribution in [3.05, 3.63) is 35.5 Å². The van der Waals surface area contributed by atoms with Crippen LogP contribution in [0.4, 0.5) is 0 Å². The third-order valence-corrected chi connectivity index (χ3v) is 7.64. The lowest BCUT2D eigenvalue weighted by atomic mass is 9.57. The minimum atomic E-state index is -0.892. The molecule has 2 aliphatic carbocycles. The first-order valence-electron chi connectivity index (χ1n) is 11.4. The number of hydrogen-bond acceptors (Lipinski definition) is 4. The molecular formula is C25H36O5. The number of carbonyl (C=O) groups excluding carboxylic acids is 1. The second kappa shape index (κ2) is 9.09. The Balaban J connectivity index is 1.90. The molecule has 166 valence electrons. The Kier molecular flexibility index (Phi) is 6.91. The number of allylic oxidation sites excluding steroid dienone is 5. The molecule has 5 nitrogen and oxygen atoms in total. The highest BCUT2D eigenvalue weighted by Crippen LogP contribution is 2.53.